The molecule has 0 saturated heterocycles. The number of carbonyl (C=O) groups is 1. The average Bonchev–Trinajstić information content (AvgIpc) is 3.08. The van der Waals surface area contributed by atoms with Crippen LogP contribution in [0.5, 0.6) is 11.5 Å². The van der Waals surface area contributed by atoms with E-state index in [1.54, 1.807) is 18.2 Å². The van der Waals surface area contributed by atoms with Gasteiger partial charge in [0.15, 0.2) is 11.5 Å². The molecule has 0 spiro atoms. The Morgan fingerprint density at radius 2 is 1.85 bits per heavy atom. The Labute approximate surface area is 156 Å². The highest BCUT2D eigenvalue weighted by atomic mass is 32.2. The highest BCUT2D eigenvalue weighted by molar-refractivity contribution is 7.88. The van der Waals surface area contributed by atoms with Crippen molar-refractivity contribution in [3.05, 3.63) is 59.4 Å². The molecular weight excluding hydrogens is 375 g/mol. The Morgan fingerprint density at radius 3 is 2.56 bits per heavy atom. The number of ether oxygens (including phenoxy) is 2. The van der Waals surface area contributed by atoms with Gasteiger partial charge in [0.1, 0.15) is 5.82 Å². The fraction of sp³-hybridized carbons (Fsp3) is 0.278. The van der Waals surface area contributed by atoms with Crippen LogP contribution in [0, 0.1) is 5.82 Å². The minimum atomic E-state index is -3.48. The van der Waals surface area contributed by atoms with Gasteiger partial charge < -0.3 is 14.8 Å². The predicted octanol–water partition coefficient (Wildman–Crippen LogP) is 1.75. The Morgan fingerprint density at radius 1 is 1.15 bits per heavy atom. The third kappa shape index (κ3) is 4.95. The molecule has 3 rings (SSSR count). The second-order valence-corrected chi connectivity index (χ2v) is 8.03. The minimum absolute atomic E-state index is 0.0974. The molecule has 144 valence electrons. The lowest BCUT2D eigenvalue weighted by molar-refractivity contribution is 0.0951. The molecule has 1 amide bonds. The van der Waals surface area contributed by atoms with Crippen molar-refractivity contribution in [2.45, 2.75) is 6.54 Å². The number of amides is 1. The Bertz CT molecular complexity index is 931. The fourth-order valence-electron chi connectivity index (χ4n) is 2.60. The first-order valence-electron chi connectivity index (χ1n) is 8.20. The average molecular weight is 394 g/mol. The zero-order valence-corrected chi connectivity index (χ0v) is 15.5. The SMILES string of the molecule is CS(=O)(=O)N(CCNC(=O)c1ccc(F)cc1)Cc1ccc2c(c1)OCO2. The molecule has 0 atom stereocenters. The molecule has 1 aliphatic heterocycles. The van der Waals surface area contributed by atoms with E-state index in [4.69, 9.17) is 9.47 Å². The van der Waals surface area contributed by atoms with Crippen molar-refractivity contribution in [1.29, 1.82) is 0 Å². The maximum absolute atomic E-state index is 12.9. The van der Waals surface area contributed by atoms with Crippen molar-refractivity contribution in [2.24, 2.45) is 0 Å². The monoisotopic (exact) mass is 394 g/mol. The first-order valence-corrected chi connectivity index (χ1v) is 10.1. The second kappa shape index (κ2) is 7.93. The zero-order chi connectivity index (χ0) is 19.4. The third-order valence-electron chi connectivity index (χ3n) is 4.02. The molecule has 0 unspecified atom stereocenters. The number of benzene rings is 2. The van der Waals surface area contributed by atoms with E-state index in [0.717, 1.165) is 11.8 Å². The lowest BCUT2D eigenvalue weighted by Crippen LogP contribution is -2.37. The number of nitrogens with zero attached hydrogens (tertiary/aromatic N) is 1. The number of sulfonamides is 1. The maximum atomic E-state index is 12.9. The summed E-state index contributed by atoms with van der Waals surface area (Å²) in [5.74, 6) is 0.367. The molecular formula is C18H19FN2O5S. The molecule has 0 saturated carbocycles. The van der Waals surface area contributed by atoms with E-state index in [9.17, 15) is 17.6 Å². The van der Waals surface area contributed by atoms with Crippen molar-refractivity contribution in [3.63, 3.8) is 0 Å². The highest BCUT2D eigenvalue weighted by Gasteiger charge is 2.20. The van der Waals surface area contributed by atoms with E-state index in [2.05, 4.69) is 5.32 Å². The van der Waals surface area contributed by atoms with Crippen molar-refractivity contribution in [1.82, 2.24) is 9.62 Å². The molecule has 0 aromatic heterocycles. The number of fused-ring (bicyclic) bond motifs is 1. The van der Waals surface area contributed by atoms with E-state index in [1.807, 2.05) is 0 Å². The van der Waals surface area contributed by atoms with Gasteiger partial charge in [-0.1, -0.05) is 6.07 Å². The summed E-state index contributed by atoms with van der Waals surface area (Å²) in [5, 5.41) is 2.64. The van der Waals surface area contributed by atoms with Crippen LogP contribution in [0.3, 0.4) is 0 Å². The van der Waals surface area contributed by atoms with E-state index in [-0.39, 0.29) is 26.4 Å². The van der Waals surface area contributed by atoms with E-state index >= 15 is 0 Å². The van der Waals surface area contributed by atoms with Crippen molar-refractivity contribution < 1.29 is 27.1 Å². The van der Waals surface area contributed by atoms with Crippen LogP contribution in [0.4, 0.5) is 4.39 Å². The molecule has 0 radical (unpaired) electrons. The fourth-order valence-corrected chi connectivity index (χ4v) is 3.41. The summed E-state index contributed by atoms with van der Waals surface area (Å²) < 4.78 is 48.8. The maximum Gasteiger partial charge on any atom is 0.251 e. The smallest absolute Gasteiger partial charge is 0.251 e. The molecule has 9 heteroatoms. The summed E-state index contributed by atoms with van der Waals surface area (Å²) in [7, 11) is -3.48. The Balaban J connectivity index is 1.60. The second-order valence-electron chi connectivity index (χ2n) is 6.05. The third-order valence-corrected chi connectivity index (χ3v) is 5.27. The van der Waals surface area contributed by atoms with Crippen molar-refractivity contribution >= 4 is 15.9 Å². The van der Waals surface area contributed by atoms with Crippen LogP contribution in [0.1, 0.15) is 15.9 Å². The number of carbonyl (C=O) groups excluding carboxylic acids is 1. The number of rotatable bonds is 7. The standard InChI is InChI=1S/C18H19FN2O5S/c1-27(23,24)21(11-13-2-7-16-17(10-13)26-12-25-16)9-8-20-18(22)14-3-5-15(19)6-4-14/h2-7,10H,8-9,11-12H2,1H3,(H,20,22). The van der Waals surface area contributed by atoms with Gasteiger partial charge in [-0.2, -0.15) is 4.31 Å². The lowest BCUT2D eigenvalue weighted by atomic mass is 10.2. The lowest BCUT2D eigenvalue weighted by Gasteiger charge is -2.20. The summed E-state index contributed by atoms with van der Waals surface area (Å²) >= 11 is 0. The Hall–Kier alpha value is -2.65. The number of nitrogens with one attached hydrogen (secondary N) is 1. The van der Waals surface area contributed by atoms with Gasteiger partial charge >= 0.3 is 0 Å². The van der Waals surface area contributed by atoms with Gasteiger partial charge in [-0.3, -0.25) is 4.79 Å². The zero-order valence-electron chi connectivity index (χ0n) is 14.6. The molecule has 2 aromatic carbocycles. The summed E-state index contributed by atoms with van der Waals surface area (Å²) in [6.07, 6.45) is 1.11. The summed E-state index contributed by atoms with van der Waals surface area (Å²) in [5.41, 5.74) is 1.05. The van der Waals surface area contributed by atoms with Gasteiger partial charge in [0, 0.05) is 25.2 Å². The summed E-state index contributed by atoms with van der Waals surface area (Å²) in [6, 6.07) is 10.3. The quantitative estimate of drug-likeness (QED) is 0.773. The molecule has 0 aliphatic carbocycles. The molecule has 1 aliphatic rings. The van der Waals surface area contributed by atoms with E-state index < -0.39 is 21.7 Å². The molecule has 7 nitrogen and oxygen atoms in total. The molecule has 0 bridgehead atoms. The van der Waals surface area contributed by atoms with E-state index in [0.29, 0.717) is 17.1 Å². The summed E-state index contributed by atoms with van der Waals surface area (Å²) in [4.78, 5) is 12.0. The molecule has 27 heavy (non-hydrogen) atoms. The van der Waals surface area contributed by atoms with Gasteiger partial charge in [-0.05, 0) is 42.0 Å². The van der Waals surface area contributed by atoms with Gasteiger partial charge in [0.2, 0.25) is 16.8 Å². The van der Waals surface area contributed by atoms with Crippen LogP contribution in [-0.4, -0.2) is 44.8 Å². The van der Waals surface area contributed by atoms with Crippen LogP contribution in [0.2, 0.25) is 0 Å². The largest absolute Gasteiger partial charge is 0.454 e. The summed E-state index contributed by atoms with van der Waals surface area (Å²) in [6.45, 7) is 0.500. The number of hydrogen-bond donors (Lipinski definition) is 1. The number of halogens is 1. The van der Waals surface area contributed by atoms with Crippen molar-refractivity contribution in [3.8, 4) is 11.5 Å². The van der Waals surface area contributed by atoms with Crippen LogP contribution >= 0.6 is 0 Å². The first kappa shape index (κ1) is 19.1. The van der Waals surface area contributed by atoms with E-state index in [1.165, 1.54) is 28.6 Å². The number of hydrogen-bond acceptors (Lipinski definition) is 5. The molecule has 2 aromatic rings. The topological polar surface area (TPSA) is 84.9 Å². The van der Waals surface area contributed by atoms with Crippen LogP contribution in [0.25, 0.3) is 0 Å². The normalized spacial score (nSPS) is 13.0. The first-order chi connectivity index (χ1) is 12.8. The molecule has 0 fully saturated rings. The molecule has 1 N–H and O–H groups in total. The van der Waals surface area contributed by atoms with Crippen LogP contribution in [-0.2, 0) is 16.6 Å². The molecule has 1 heterocycles. The van der Waals surface area contributed by atoms with Crippen LogP contribution in [0.15, 0.2) is 42.5 Å². The van der Waals surface area contributed by atoms with Gasteiger partial charge in [-0.25, -0.2) is 12.8 Å². The van der Waals surface area contributed by atoms with Gasteiger partial charge in [-0.15, -0.1) is 0 Å². The predicted molar refractivity (Wildman–Crippen MR) is 96.6 cm³/mol. The minimum Gasteiger partial charge on any atom is -0.454 e. The van der Waals surface area contributed by atoms with Gasteiger partial charge in [0.25, 0.3) is 5.91 Å². The van der Waals surface area contributed by atoms with Crippen molar-refractivity contribution in [2.75, 3.05) is 26.1 Å². The van der Waals surface area contributed by atoms with Crippen LogP contribution < -0.4 is 14.8 Å². The highest BCUT2D eigenvalue weighted by Crippen LogP contribution is 2.32. The Kier molecular flexibility index (Phi) is 5.62. The van der Waals surface area contributed by atoms with Gasteiger partial charge in [0.05, 0.1) is 6.26 Å².